The average molecular weight is 294 g/mol. The Kier molecular flexibility index (Phi) is 6.27. The molecule has 4 heteroatoms. The summed E-state index contributed by atoms with van der Waals surface area (Å²) in [5.74, 6) is 2.11. The molecule has 1 atom stereocenters. The van der Waals surface area contributed by atoms with Gasteiger partial charge < -0.3 is 14.5 Å². The molecule has 0 aliphatic carbocycles. The molecule has 1 unspecified atom stereocenters. The molecule has 120 valence electrons. The molecule has 2 rings (SSSR count). The van der Waals surface area contributed by atoms with Crippen LogP contribution in [0, 0.1) is 6.92 Å². The van der Waals surface area contributed by atoms with Crippen molar-refractivity contribution in [3.05, 3.63) is 23.2 Å². The highest BCUT2D eigenvalue weighted by Crippen LogP contribution is 2.20. The summed E-state index contributed by atoms with van der Waals surface area (Å²) in [4.78, 5) is 2.45. The number of hydrogen-bond donors (Lipinski definition) is 1. The Hall–Kier alpha value is -0.840. The zero-order valence-electron chi connectivity index (χ0n) is 13.9. The van der Waals surface area contributed by atoms with Crippen molar-refractivity contribution in [1.29, 1.82) is 0 Å². The summed E-state index contributed by atoms with van der Waals surface area (Å²) >= 11 is 0. The van der Waals surface area contributed by atoms with Gasteiger partial charge in [0.15, 0.2) is 0 Å². The molecule has 1 fully saturated rings. The van der Waals surface area contributed by atoms with Gasteiger partial charge in [0.25, 0.3) is 0 Å². The Balaban J connectivity index is 1.89. The summed E-state index contributed by atoms with van der Waals surface area (Å²) < 4.78 is 11.7. The summed E-state index contributed by atoms with van der Waals surface area (Å²) in [5, 5.41) is 3.45. The predicted octanol–water partition coefficient (Wildman–Crippen LogP) is 3.09. The average Bonchev–Trinajstić information content (AvgIpc) is 2.77. The van der Waals surface area contributed by atoms with Crippen molar-refractivity contribution in [3.8, 4) is 0 Å². The molecule has 1 aromatic rings. The van der Waals surface area contributed by atoms with Crippen molar-refractivity contribution < 1.29 is 9.15 Å². The second-order valence-electron chi connectivity index (χ2n) is 6.28. The molecule has 1 aliphatic heterocycles. The Labute approximate surface area is 128 Å². The first kappa shape index (κ1) is 16.5. The minimum atomic E-state index is 0.391. The van der Waals surface area contributed by atoms with Gasteiger partial charge in [0.2, 0.25) is 0 Å². The van der Waals surface area contributed by atoms with E-state index < -0.39 is 0 Å². The summed E-state index contributed by atoms with van der Waals surface area (Å²) in [6.07, 6.45) is 2.79. The second kappa shape index (κ2) is 7.97. The van der Waals surface area contributed by atoms with E-state index in [-0.39, 0.29) is 0 Å². The van der Waals surface area contributed by atoms with Crippen LogP contribution in [0.4, 0.5) is 0 Å². The fourth-order valence-corrected chi connectivity index (χ4v) is 2.90. The van der Waals surface area contributed by atoms with Crippen molar-refractivity contribution in [1.82, 2.24) is 10.2 Å². The number of furan rings is 1. The molecule has 1 aromatic heterocycles. The summed E-state index contributed by atoms with van der Waals surface area (Å²) in [7, 11) is 0. The maximum atomic E-state index is 5.92. The van der Waals surface area contributed by atoms with Gasteiger partial charge in [0, 0.05) is 31.3 Å². The monoisotopic (exact) mass is 294 g/mol. The van der Waals surface area contributed by atoms with Crippen molar-refractivity contribution in [2.24, 2.45) is 0 Å². The lowest BCUT2D eigenvalue weighted by atomic mass is 10.1. The third-order valence-corrected chi connectivity index (χ3v) is 4.02. The number of nitrogens with zero attached hydrogens (tertiary/aromatic N) is 1. The lowest BCUT2D eigenvalue weighted by Gasteiger charge is -2.31. The number of hydrogen-bond acceptors (Lipinski definition) is 4. The van der Waals surface area contributed by atoms with E-state index in [0.717, 1.165) is 44.3 Å². The van der Waals surface area contributed by atoms with Gasteiger partial charge in [0.05, 0.1) is 12.6 Å². The van der Waals surface area contributed by atoms with E-state index in [4.69, 9.17) is 9.15 Å². The van der Waals surface area contributed by atoms with Crippen molar-refractivity contribution in [2.75, 3.05) is 19.7 Å². The molecule has 0 aromatic carbocycles. The van der Waals surface area contributed by atoms with Crippen LogP contribution in [0.1, 0.15) is 50.7 Å². The van der Waals surface area contributed by atoms with E-state index in [0.29, 0.717) is 12.1 Å². The SMILES string of the molecule is CCOC1CCCN(Cc2cc(CNC(C)C)c(C)o2)C1. The Morgan fingerprint density at radius 1 is 1.48 bits per heavy atom. The van der Waals surface area contributed by atoms with Crippen LogP contribution in [0.15, 0.2) is 10.5 Å². The van der Waals surface area contributed by atoms with Gasteiger partial charge in [-0.05, 0) is 39.3 Å². The highest BCUT2D eigenvalue weighted by atomic mass is 16.5. The number of nitrogens with one attached hydrogen (secondary N) is 1. The van der Waals surface area contributed by atoms with Crippen LogP contribution >= 0.6 is 0 Å². The molecular formula is C17H30N2O2. The summed E-state index contributed by atoms with van der Waals surface area (Å²) in [6, 6.07) is 2.70. The van der Waals surface area contributed by atoms with Crippen LogP contribution in [0.5, 0.6) is 0 Å². The molecule has 0 bridgehead atoms. The second-order valence-corrected chi connectivity index (χ2v) is 6.28. The van der Waals surface area contributed by atoms with E-state index in [1.165, 1.54) is 18.4 Å². The first-order valence-electron chi connectivity index (χ1n) is 8.24. The van der Waals surface area contributed by atoms with Crippen molar-refractivity contribution >= 4 is 0 Å². The Bertz CT molecular complexity index is 426. The molecule has 0 amide bonds. The van der Waals surface area contributed by atoms with Gasteiger partial charge >= 0.3 is 0 Å². The van der Waals surface area contributed by atoms with Crippen molar-refractivity contribution in [2.45, 2.75) is 65.8 Å². The largest absolute Gasteiger partial charge is 0.465 e. The predicted molar refractivity (Wildman–Crippen MR) is 85.3 cm³/mol. The van der Waals surface area contributed by atoms with E-state index in [1.807, 2.05) is 0 Å². The fourth-order valence-electron chi connectivity index (χ4n) is 2.90. The zero-order chi connectivity index (χ0) is 15.2. The highest BCUT2D eigenvalue weighted by molar-refractivity contribution is 5.20. The molecule has 2 heterocycles. The van der Waals surface area contributed by atoms with Gasteiger partial charge in [-0.15, -0.1) is 0 Å². The number of aryl methyl sites for hydroxylation is 1. The van der Waals surface area contributed by atoms with E-state index >= 15 is 0 Å². The summed E-state index contributed by atoms with van der Waals surface area (Å²) in [6.45, 7) is 13.2. The molecule has 21 heavy (non-hydrogen) atoms. The van der Waals surface area contributed by atoms with Gasteiger partial charge in [-0.1, -0.05) is 13.8 Å². The standard InChI is InChI=1S/C17H30N2O2/c1-5-20-16-7-6-8-19(11-16)12-17-9-15(14(4)21-17)10-18-13(2)3/h9,13,16,18H,5-8,10-12H2,1-4H3. The Morgan fingerprint density at radius 3 is 3.00 bits per heavy atom. The molecule has 0 saturated carbocycles. The van der Waals surface area contributed by atoms with E-state index in [9.17, 15) is 0 Å². The normalized spacial score (nSPS) is 20.3. The van der Waals surface area contributed by atoms with Crippen LogP contribution in [0.25, 0.3) is 0 Å². The quantitative estimate of drug-likeness (QED) is 0.838. The molecule has 1 saturated heterocycles. The molecule has 4 nitrogen and oxygen atoms in total. The molecule has 1 N–H and O–H groups in total. The van der Waals surface area contributed by atoms with Crippen LogP contribution in [-0.4, -0.2) is 36.7 Å². The van der Waals surface area contributed by atoms with Crippen LogP contribution < -0.4 is 5.32 Å². The zero-order valence-corrected chi connectivity index (χ0v) is 13.9. The number of ether oxygens (including phenoxy) is 1. The fraction of sp³-hybridized carbons (Fsp3) is 0.765. The molecule has 1 aliphatic rings. The first-order valence-corrected chi connectivity index (χ1v) is 8.24. The number of piperidine rings is 1. The van der Waals surface area contributed by atoms with Gasteiger partial charge in [-0.25, -0.2) is 0 Å². The van der Waals surface area contributed by atoms with Gasteiger partial charge in [0.1, 0.15) is 11.5 Å². The van der Waals surface area contributed by atoms with Crippen LogP contribution in [0.2, 0.25) is 0 Å². The number of rotatable bonds is 7. The molecular weight excluding hydrogens is 264 g/mol. The third-order valence-electron chi connectivity index (χ3n) is 4.02. The Morgan fingerprint density at radius 2 is 2.29 bits per heavy atom. The lowest BCUT2D eigenvalue weighted by molar-refractivity contribution is 0.00196. The van der Waals surface area contributed by atoms with E-state index in [1.54, 1.807) is 0 Å². The maximum absolute atomic E-state index is 5.92. The van der Waals surface area contributed by atoms with Crippen molar-refractivity contribution in [3.63, 3.8) is 0 Å². The smallest absolute Gasteiger partial charge is 0.118 e. The third kappa shape index (κ3) is 5.13. The van der Waals surface area contributed by atoms with Gasteiger partial charge in [-0.3, -0.25) is 4.90 Å². The van der Waals surface area contributed by atoms with Crippen LogP contribution in [-0.2, 0) is 17.8 Å². The minimum absolute atomic E-state index is 0.391. The maximum Gasteiger partial charge on any atom is 0.118 e. The van der Waals surface area contributed by atoms with E-state index in [2.05, 4.69) is 44.0 Å². The van der Waals surface area contributed by atoms with Crippen LogP contribution in [0.3, 0.4) is 0 Å². The lowest BCUT2D eigenvalue weighted by Crippen LogP contribution is -2.39. The minimum Gasteiger partial charge on any atom is -0.465 e. The molecule has 0 radical (unpaired) electrons. The first-order chi connectivity index (χ1) is 10.1. The number of likely N-dealkylation sites (tertiary alicyclic amines) is 1. The topological polar surface area (TPSA) is 37.6 Å². The highest BCUT2D eigenvalue weighted by Gasteiger charge is 2.21. The molecule has 0 spiro atoms. The van der Waals surface area contributed by atoms with Gasteiger partial charge in [-0.2, -0.15) is 0 Å². The summed E-state index contributed by atoms with van der Waals surface area (Å²) in [5.41, 5.74) is 1.28.